The Morgan fingerprint density at radius 3 is 2.65 bits per heavy atom. The van der Waals surface area contributed by atoms with Crippen molar-refractivity contribution in [2.24, 2.45) is 5.92 Å². The number of hydrogen-bond acceptors (Lipinski definition) is 4. The zero-order valence-corrected chi connectivity index (χ0v) is 13.0. The zero-order valence-electron chi connectivity index (χ0n) is 13.0. The molecular weight excluding hydrogens is 288 g/mol. The number of hydrogen-bond donors (Lipinski definition) is 0. The SMILES string of the molecule is CN(C(=O)C1CCN(C#N)C1)c1ccc(-c2ccccc2)cn1. The van der Waals surface area contributed by atoms with E-state index >= 15 is 0 Å². The van der Waals surface area contributed by atoms with Crippen molar-refractivity contribution in [3.05, 3.63) is 48.7 Å². The summed E-state index contributed by atoms with van der Waals surface area (Å²) in [5.74, 6) is 0.517. The van der Waals surface area contributed by atoms with Gasteiger partial charge in [-0.2, -0.15) is 5.26 Å². The van der Waals surface area contributed by atoms with Crippen LogP contribution in [0.2, 0.25) is 0 Å². The Hall–Kier alpha value is -2.87. The zero-order chi connectivity index (χ0) is 16.2. The van der Waals surface area contributed by atoms with Gasteiger partial charge in [0.05, 0.1) is 5.92 Å². The average molecular weight is 306 g/mol. The summed E-state index contributed by atoms with van der Waals surface area (Å²) >= 11 is 0. The molecular formula is C18H18N4O. The number of aromatic nitrogens is 1. The van der Waals surface area contributed by atoms with Gasteiger partial charge < -0.3 is 4.90 Å². The Bertz CT molecular complexity index is 721. The normalized spacial score (nSPS) is 16.9. The van der Waals surface area contributed by atoms with Crippen LogP contribution in [0.4, 0.5) is 5.82 Å². The smallest absolute Gasteiger partial charge is 0.232 e. The fourth-order valence-electron chi connectivity index (χ4n) is 2.83. The summed E-state index contributed by atoms with van der Waals surface area (Å²) in [7, 11) is 1.74. The molecule has 1 atom stereocenters. The summed E-state index contributed by atoms with van der Waals surface area (Å²) in [5.41, 5.74) is 2.12. The maximum absolute atomic E-state index is 12.5. The largest absolute Gasteiger partial charge is 0.310 e. The third-order valence-electron chi connectivity index (χ3n) is 4.21. The summed E-state index contributed by atoms with van der Waals surface area (Å²) in [6.45, 7) is 1.16. The summed E-state index contributed by atoms with van der Waals surface area (Å²) in [6.07, 6.45) is 4.60. The number of benzene rings is 1. The van der Waals surface area contributed by atoms with Crippen LogP contribution in [0, 0.1) is 17.4 Å². The van der Waals surface area contributed by atoms with Crippen LogP contribution in [-0.4, -0.2) is 35.9 Å². The minimum atomic E-state index is -0.129. The molecule has 1 aliphatic heterocycles. The predicted octanol–water partition coefficient (Wildman–Crippen LogP) is 2.51. The number of carbonyl (C=O) groups excluding carboxylic acids is 1. The molecule has 0 radical (unpaired) electrons. The van der Waals surface area contributed by atoms with E-state index in [1.165, 1.54) is 0 Å². The van der Waals surface area contributed by atoms with E-state index in [0.29, 0.717) is 18.9 Å². The van der Waals surface area contributed by atoms with Crippen molar-refractivity contribution in [1.82, 2.24) is 9.88 Å². The quantitative estimate of drug-likeness (QED) is 0.818. The van der Waals surface area contributed by atoms with E-state index in [-0.39, 0.29) is 11.8 Å². The van der Waals surface area contributed by atoms with Crippen LogP contribution >= 0.6 is 0 Å². The van der Waals surface area contributed by atoms with Gasteiger partial charge in [0, 0.05) is 31.9 Å². The highest BCUT2D eigenvalue weighted by Crippen LogP contribution is 2.23. The van der Waals surface area contributed by atoms with Gasteiger partial charge in [0.15, 0.2) is 6.19 Å². The molecule has 3 rings (SSSR count). The first kappa shape index (κ1) is 15.0. The van der Waals surface area contributed by atoms with Crippen molar-refractivity contribution in [2.75, 3.05) is 25.0 Å². The minimum Gasteiger partial charge on any atom is -0.310 e. The molecule has 1 aliphatic rings. The van der Waals surface area contributed by atoms with E-state index in [2.05, 4.69) is 11.2 Å². The van der Waals surface area contributed by atoms with E-state index < -0.39 is 0 Å². The second kappa shape index (κ2) is 6.49. The number of nitrogens with zero attached hydrogens (tertiary/aromatic N) is 4. The van der Waals surface area contributed by atoms with Crippen molar-refractivity contribution < 1.29 is 4.79 Å². The van der Waals surface area contributed by atoms with Crippen LogP contribution in [0.5, 0.6) is 0 Å². The molecule has 116 valence electrons. The van der Waals surface area contributed by atoms with Gasteiger partial charge in [-0.3, -0.25) is 9.69 Å². The summed E-state index contributed by atoms with van der Waals surface area (Å²) < 4.78 is 0. The molecule has 2 aromatic rings. The molecule has 1 saturated heterocycles. The second-order valence-electron chi connectivity index (χ2n) is 5.70. The molecule has 1 unspecified atom stereocenters. The van der Waals surface area contributed by atoms with Gasteiger partial charge in [0.2, 0.25) is 5.91 Å². The Morgan fingerprint density at radius 1 is 1.26 bits per heavy atom. The molecule has 0 saturated carbocycles. The third-order valence-corrected chi connectivity index (χ3v) is 4.21. The average Bonchev–Trinajstić information content (AvgIpc) is 3.10. The highest BCUT2D eigenvalue weighted by molar-refractivity contribution is 5.94. The second-order valence-corrected chi connectivity index (χ2v) is 5.70. The number of amides is 1. The highest BCUT2D eigenvalue weighted by Gasteiger charge is 2.30. The van der Waals surface area contributed by atoms with Gasteiger partial charge in [-0.05, 0) is 24.1 Å². The van der Waals surface area contributed by atoms with Crippen LogP contribution in [0.15, 0.2) is 48.7 Å². The maximum Gasteiger partial charge on any atom is 0.232 e. The van der Waals surface area contributed by atoms with Crippen molar-refractivity contribution in [3.8, 4) is 17.3 Å². The molecule has 1 aromatic heterocycles. The van der Waals surface area contributed by atoms with Crippen LogP contribution in [0.25, 0.3) is 11.1 Å². The number of rotatable bonds is 3. The number of anilines is 1. The van der Waals surface area contributed by atoms with Gasteiger partial charge in [0.1, 0.15) is 5.82 Å². The maximum atomic E-state index is 12.5. The fraction of sp³-hybridized carbons (Fsp3) is 0.278. The minimum absolute atomic E-state index is 0.0164. The molecule has 0 bridgehead atoms. The third kappa shape index (κ3) is 3.16. The van der Waals surface area contributed by atoms with Gasteiger partial charge in [-0.1, -0.05) is 30.3 Å². The lowest BCUT2D eigenvalue weighted by molar-refractivity contribution is -0.121. The number of pyridine rings is 1. The number of carbonyl (C=O) groups is 1. The predicted molar refractivity (Wildman–Crippen MR) is 88.4 cm³/mol. The first-order valence-electron chi connectivity index (χ1n) is 7.63. The van der Waals surface area contributed by atoms with Crippen LogP contribution < -0.4 is 4.90 Å². The van der Waals surface area contributed by atoms with E-state index in [1.807, 2.05) is 42.5 Å². The molecule has 1 aromatic carbocycles. The Morgan fingerprint density at radius 2 is 2.04 bits per heavy atom. The first-order chi connectivity index (χ1) is 11.2. The van der Waals surface area contributed by atoms with E-state index in [0.717, 1.165) is 17.5 Å². The molecule has 5 nitrogen and oxygen atoms in total. The van der Waals surface area contributed by atoms with Crippen molar-refractivity contribution in [3.63, 3.8) is 0 Å². The monoisotopic (exact) mass is 306 g/mol. The Kier molecular flexibility index (Phi) is 4.24. The summed E-state index contributed by atoms with van der Waals surface area (Å²) in [4.78, 5) is 20.1. The van der Waals surface area contributed by atoms with E-state index in [9.17, 15) is 4.79 Å². The molecule has 23 heavy (non-hydrogen) atoms. The van der Waals surface area contributed by atoms with Crippen LogP contribution in [0.3, 0.4) is 0 Å². The van der Waals surface area contributed by atoms with Crippen molar-refractivity contribution in [2.45, 2.75) is 6.42 Å². The lowest BCUT2D eigenvalue weighted by Crippen LogP contribution is -2.34. The molecule has 0 N–H and O–H groups in total. The van der Waals surface area contributed by atoms with Crippen molar-refractivity contribution >= 4 is 11.7 Å². The molecule has 1 amide bonds. The van der Waals surface area contributed by atoms with Crippen LogP contribution in [0.1, 0.15) is 6.42 Å². The molecule has 2 heterocycles. The van der Waals surface area contributed by atoms with Gasteiger partial charge in [-0.25, -0.2) is 4.98 Å². The standard InChI is InChI=1S/C18H18N4O/c1-21(18(23)16-9-10-22(12-16)13-19)17-8-7-15(11-20-17)14-5-3-2-4-6-14/h2-8,11,16H,9-10,12H2,1H3. The summed E-state index contributed by atoms with van der Waals surface area (Å²) in [6, 6.07) is 13.8. The molecule has 5 heteroatoms. The Balaban J connectivity index is 1.72. The van der Waals surface area contributed by atoms with E-state index in [1.54, 1.807) is 23.0 Å². The fourth-order valence-corrected chi connectivity index (χ4v) is 2.83. The first-order valence-corrected chi connectivity index (χ1v) is 7.63. The highest BCUT2D eigenvalue weighted by atomic mass is 16.2. The molecule has 1 fully saturated rings. The van der Waals surface area contributed by atoms with Gasteiger partial charge in [-0.15, -0.1) is 0 Å². The number of likely N-dealkylation sites (tertiary alicyclic amines) is 1. The molecule has 0 spiro atoms. The topological polar surface area (TPSA) is 60.2 Å². The lowest BCUT2D eigenvalue weighted by Gasteiger charge is -2.20. The Labute approximate surface area is 135 Å². The van der Waals surface area contributed by atoms with Crippen LogP contribution in [-0.2, 0) is 4.79 Å². The van der Waals surface area contributed by atoms with Gasteiger partial charge in [0.25, 0.3) is 0 Å². The summed E-state index contributed by atoms with van der Waals surface area (Å²) in [5, 5.41) is 8.90. The van der Waals surface area contributed by atoms with Crippen molar-refractivity contribution in [1.29, 1.82) is 5.26 Å². The number of nitriles is 1. The molecule has 0 aliphatic carbocycles. The van der Waals surface area contributed by atoms with Gasteiger partial charge >= 0.3 is 0 Å². The van der Waals surface area contributed by atoms with E-state index in [4.69, 9.17) is 5.26 Å². The lowest BCUT2D eigenvalue weighted by atomic mass is 10.1.